The average Bonchev–Trinajstić information content (AvgIpc) is 2.58. The predicted octanol–water partition coefficient (Wildman–Crippen LogP) is 1.99. The van der Waals surface area contributed by atoms with Crippen LogP contribution in [0.5, 0.6) is 0 Å². The van der Waals surface area contributed by atoms with Crippen LogP contribution in [0.25, 0.3) is 0 Å². The molecule has 0 bridgehead atoms. The van der Waals surface area contributed by atoms with Gasteiger partial charge in [0.1, 0.15) is 11.6 Å². The Morgan fingerprint density at radius 1 is 1.35 bits per heavy atom. The number of hydrogen-bond donors (Lipinski definition) is 1. The predicted molar refractivity (Wildman–Crippen MR) is 69.5 cm³/mol. The zero-order valence-corrected chi connectivity index (χ0v) is 11.0. The minimum absolute atomic E-state index is 0.0501. The Morgan fingerprint density at radius 2 is 1.94 bits per heavy atom. The van der Waals surface area contributed by atoms with Crippen molar-refractivity contribution in [3.63, 3.8) is 0 Å². The number of hydrogen-bond acceptors (Lipinski definition) is 3. The highest BCUT2D eigenvalue weighted by atomic mass is 16.1. The Bertz CT molecular complexity index is 442. The SMILES string of the molecule is CC(C)c1nc(N2CC(C)C(C)C2)cc(=O)[nH]1. The third-order valence-corrected chi connectivity index (χ3v) is 3.61. The lowest BCUT2D eigenvalue weighted by Crippen LogP contribution is -2.24. The molecule has 2 unspecified atom stereocenters. The topological polar surface area (TPSA) is 49.0 Å². The highest BCUT2D eigenvalue weighted by Crippen LogP contribution is 2.26. The van der Waals surface area contributed by atoms with E-state index < -0.39 is 0 Å². The number of nitrogens with zero attached hydrogens (tertiary/aromatic N) is 2. The molecule has 2 atom stereocenters. The maximum absolute atomic E-state index is 11.6. The van der Waals surface area contributed by atoms with Gasteiger partial charge in [-0.15, -0.1) is 0 Å². The molecule has 0 aliphatic carbocycles. The number of anilines is 1. The first-order valence-electron chi connectivity index (χ1n) is 6.33. The minimum atomic E-state index is -0.0501. The lowest BCUT2D eigenvalue weighted by atomic mass is 10.0. The number of aromatic amines is 1. The van der Waals surface area contributed by atoms with Crippen molar-refractivity contribution >= 4 is 5.82 Å². The summed E-state index contributed by atoms with van der Waals surface area (Å²) in [4.78, 5) is 21.2. The van der Waals surface area contributed by atoms with E-state index in [9.17, 15) is 4.79 Å². The molecule has 0 spiro atoms. The molecule has 2 rings (SSSR count). The van der Waals surface area contributed by atoms with Gasteiger partial charge >= 0.3 is 0 Å². The first-order chi connectivity index (χ1) is 7.97. The first kappa shape index (κ1) is 12.1. The number of H-pyrrole nitrogens is 1. The fourth-order valence-electron chi connectivity index (χ4n) is 2.22. The highest BCUT2D eigenvalue weighted by Gasteiger charge is 2.27. The summed E-state index contributed by atoms with van der Waals surface area (Å²) in [6, 6.07) is 1.61. The molecule has 0 saturated carbocycles. The second kappa shape index (κ2) is 4.51. The second-order valence-corrected chi connectivity index (χ2v) is 5.50. The van der Waals surface area contributed by atoms with Gasteiger partial charge < -0.3 is 9.88 Å². The van der Waals surface area contributed by atoms with E-state index in [1.54, 1.807) is 6.07 Å². The normalized spacial score (nSPS) is 24.6. The summed E-state index contributed by atoms with van der Waals surface area (Å²) in [6.45, 7) is 10.6. The zero-order valence-electron chi connectivity index (χ0n) is 11.0. The molecule has 0 aromatic carbocycles. The first-order valence-corrected chi connectivity index (χ1v) is 6.33. The van der Waals surface area contributed by atoms with Crippen molar-refractivity contribution in [3.05, 3.63) is 22.2 Å². The maximum atomic E-state index is 11.6. The van der Waals surface area contributed by atoms with Gasteiger partial charge in [-0.1, -0.05) is 27.7 Å². The standard InChI is InChI=1S/C13H21N3O/c1-8(2)13-14-11(5-12(17)15-13)16-6-9(3)10(4)7-16/h5,8-10H,6-7H2,1-4H3,(H,14,15,17). The van der Waals surface area contributed by atoms with E-state index in [4.69, 9.17) is 0 Å². The maximum Gasteiger partial charge on any atom is 0.252 e. The highest BCUT2D eigenvalue weighted by molar-refractivity contribution is 5.39. The van der Waals surface area contributed by atoms with E-state index in [0.29, 0.717) is 11.8 Å². The fraction of sp³-hybridized carbons (Fsp3) is 0.692. The van der Waals surface area contributed by atoms with Crippen molar-refractivity contribution in [1.82, 2.24) is 9.97 Å². The van der Waals surface area contributed by atoms with Crippen molar-refractivity contribution in [2.75, 3.05) is 18.0 Å². The van der Waals surface area contributed by atoms with Crippen LogP contribution in [0, 0.1) is 11.8 Å². The number of aromatic nitrogens is 2. The fourth-order valence-corrected chi connectivity index (χ4v) is 2.22. The number of nitrogens with one attached hydrogen (secondary N) is 1. The van der Waals surface area contributed by atoms with E-state index in [1.807, 2.05) is 13.8 Å². The molecule has 94 valence electrons. The largest absolute Gasteiger partial charge is 0.356 e. The average molecular weight is 235 g/mol. The summed E-state index contributed by atoms with van der Waals surface area (Å²) in [5.74, 6) is 3.19. The molecule has 1 aromatic rings. The van der Waals surface area contributed by atoms with Crippen LogP contribution in [-0.2, 0) is 0 Å². The van der Waals surface area contributed by atoms with Gasteiger partial charge in [-0.05, 0) is 11.8 Å². The Kier molecular flexibility index (Phi) is 3.22. The Labute approximate surface area is 102 Å². The molecular weight excluding hydrogens is 214 g/mol. The summed E-state index contributed by atoms with van der Waals surface area (Å²) in [5, 5.41) is 0. The summed E-state index contributed by atoms with van der Waals surface area (Å²) >= 11 is 0. The smallest absolute Gasteiger partial charge is 0.252 e. The Balaban J connectivity index is 2.30. The summed E-state index contributed by atoms with van der Waals surface area (Å²) in [7, 11) is 0. The molecule has 4 nitrogen and oxygen atoms in total. The van der Waals surface area contributed by atoms with Crippen LogP contribution in [0.4, 0.5) is 5.82 Å². The van der Waals surface area contributed by atoms with Crippen LogP contribution in [0.2, 0.25) is 0 Å². The third-order valence-electron chi connectivity index (χ3n) is 3.61. The van der Waals surface area contributed by atoms with E-state index in [1.165, 1.54) is 0 Å². The zero-order chi connectivity index (χ0) is 12.6. The van der Waals surface area contributed by atoms with Gasteiger partial charge in [0, 0.05) is 25.1 Å². The van der Waals surface area contributed by atoms with Crippen molar-refractivity contribution < 1.29 is 0 Å². The van der Waals surface area contributed by atoms with Crippen molar-refractivity contribution in [3.8, 4) is 0 Å². The summed E-state index contributed by atoms with van der Waals surface area (Å²) in [6.07, 6.45) is 0. The van der Waals surface area contributed by atoms with Crippen molar-refractivity contribution in [2.24, 2.45) is 11.8 Å². The molecule has 0 amide bonds. The molecule has 17 heavy (non-hydrogen) atoms. The second-order valence-electron chi connectivity index (χ2n) is 5.50. The molecule has 1 saturated heterocycles. The molecule has 0 radical (unpaired) electrons. The van der Waals surface area contributed by atoms with Gasteiger partial charge in [0.15, 0.2) is 0 Å². The molecule has 1 aliphatic heterocycles. The van der Waals surface area contributed by atoms with Crippen LogP contribution in [-0.4, -0.2) is 23.1 Å². The van der Waals surface area contributed by atoms with Crippen molar-refractivity contribution in [1.29, 1.82) is 0 Å². The van der Waals surface area contributed by atoms with E-state index >= 15 is 0 Å². The molecule has 1 aliphatic rings. The lowest BCUT2D eigenvalue weighted by molar-refractivity contribution is 0.494. The Morgan fingerprint density at radius 3 is 2.47 bits per heavy atom. The van der Waals surface area contributed by atoms with Gasteiger partial charge in [0.05, 0.1) is 0 Å². The van der Waals surface area contributed by atoms with Gasteiger partial charge in [0.2, 0.25) is 0 Å². The quantitative estimate of drug-likeness (QED) is 0.852. The summed E-state index contributed by atoms with van der Waals surface area (Å²) in [5.41, 5.74) is -0.0501. The molecule has 4 heteroatoms. The van der Waals surface area contributed by atoms with Crippen LogP contribution in [0.1, 0.15) is 39.4 Å². The molecule has 2 heterocycles. The van der Waals surface area contributed by atoms with Crippen molar-refractivity contribution in [2.45, 2.75) is 33.6 Å². The molecular formula is C13H21N3O. The van der Waals surface area contributed by atoms with E-state index in [2.05, 4.69) is 28.7 Å². The van der Waals surface area contributed by atoms with Crippen LogP contribution in [0.3, 0.4) is 0 Å². The lowest BCUT2D eigenvalue weighted by Gasteiger charge is -2.18. The number of rotatable bonds is 2. The molecule has 1 fully saturated rings. The van der Waals surface area contributed by atoms with Gasteiger partial charge in [-0.25, -0.2) is 4.98 Å². The van der Waals surface area contributed by atoms with E-state index in [0.717, 1.165) is 24.7 Å². The third kappa shape index (κ3) is 2.51. The minimum Gasteiger partial charge on any atom is -0.356 e. The monoisotopic (exact) mass is 235 g/mol. The van der Waals surface area contributed by atoms with Gasteiger partial charge in [0.25, 0.3) is 5.56 Å². The molecule has 1 aromatic heterocycles. The van der Waals surface area contributed by atoms with Gasteiger partial charge in [-0.2, -0.15) is 0 Å². The Hall–Kier alpha value is -1.32. The van der Waals surface area contributed by atoms with Gasteiger partial charge in [-0.3, -0.25) is 4.79 Å². The van der Waals surface area contributed by atoms with Crippen LogP contribution in [0.15, 0.2) is 10.9 Å². The van der Waals surface area contributed by atoms with E-state index in [-0.39, 0.29) is 11.5 Å². The van der Waals surface area contributed by atoms with Crippen LogP contribution >= 0.6 is 0 Å². The molecule has 1 N–H and O–H groups in total. The van der Waals surface area contributed by atoms with Crippen LogP contribution < -0.4 is 10.5 Å². The summed E-state index contributed by atoms with van der Waals surface area (Å²) < 4.78 is 0.